The first-order valence-electron chi connectivity index (χ1n) is 6.73. The Balaban J connectivity index is 2.13. The summed E-state index contributed by atoms with van der Waals surface area (Å²) in [6.45, 7) is 2.73. The van der Waals surface area contributed by atoms with Gasteiger partial charge in [-0.2, -0.15) is 4.31 Å². The van der Waals surface area contributed by atoms with Gasteiger partial charge in [0, 0.05) is 30.0 Å². The minimum atomic E-state index is -3.51. The van der Waals surface area contributed by atoms with E-state index >= 15 is 0 Å². The van der Waals surface area contributed by atoms with Gasteiger partial charge >= 0.3 is 0 Å². The Kier molecular flexibility index (Phi) is 5.19. The van der Waals surface area contributed by atoms with Crippen LogP contribution in [0.15, 0.2) is 11.0 Å². The Hall–Kier alpha value is -0.470. The number of likely N-dealkylation sites (N-methyl/N-ethyl adjacent to an activating group) is 1. The van der Waals surface area contributed by atoms with Crippen molar-refractivity contribution in [3.63, 3.8) is 0 Å². The van der Waals surface area contributed by atoms with Gasteiger partial charge in [0.05, 0.1) is 17.6 Å². The molecule has 5 nitrogen and oxygen atoms in total. The van der Waals surface area contributed by atoms with Crippen molar-refractivity contribution in [2.45, 2.75) is 43.8 Å². The molecule has 0 aromatic carbocycles. The predicted octanol–water partition coefficient (Wildman–Crippen LogP) is 1.74. The number of aliphatic hydroxyl groups excluding tert-OH is 1. The van der Waals surface area contributed by atoms with Crippen LogP contribution in [0.2, 0.25) is 0 Å². The van der Waals surface area contributed by atoms with E-state index in [9.17, 15) is 8.42 Å². The van der Waals surface area contributed by atoms with Crippen molar-refractivity contribution in [2.75, 3.05) is 20.2 Å². The standard InChI is InChI=1S/C13H21NO4S2/c1-10-13(7-12(9-15)19-10)20(16,17)14(2)8-11-5-3-4-6-18-11/h7,11,15H,3-6,8-9H2,1-2H3. The summed E-state index contributed by atoms with van der Waals surface area (Å²) < 4.78 is 32.1. The van der Waals surface area contributed by atoms with E-state index in [1.165, 1.54) is 15.6 Å². The van der Waals surface area contributed by atoms with Gasteiger partial charge in [-0.05, 0) is 32.3 Å². The van der Waals surface area contributed by atoms with Crippen LogP contribution in [-0.4, -0.2) is 44.1 Å². The molecule has 114 valence electrons. The van der Waals surface area contributed by atoms with E-state index in [-0.39, 0.29) is 12.7 Å². The molecule has 0 spiro atoms. The summed E-state index contributed by atoms with van der Waals surface area (Å²) in [7, 11) is -1.92. The fourth-order valence-electron chi connectivity index (χ4n) is 2.36. The maximum atomic E-state index is 12.6. The van der Waals surface area contributed by atoms with Crippen LogP contribution in [0.25, 0.3) is 0 Å². The molecule has 1 saturated heterocycles. The minimum Gasteiger partial charge on any atom is -0.391 e. The highest BCUT2D eigenvalue weighted by Crippen LogP contribution is 2.28. The molecule has 0 aliphatic carbocycles. The summed E-state index contributed by atoms with van der Waals surface area (Å²) >= 11 is 1.32. The normalized spacial score (nSPS) is 20.5. The third-order valence-corrected chi connectivity index (χ3v) is 6.62. The summed E-state index contributed by atoms with van der Waals surface area (Å²) in [5, 5.41) is 9.12. The van der Waals surface area contributed by atoms with Crippen molar-refractivity contribution in [1.29, 1.82) is 0 Å². The molecule has 1 fully saturated rings. The highest BCUT2D eigenvalue weighted by Gasteiger charge is 2.27. The van der Waals surface area contributed by atoms with Crippen molar-refractivity contribution in [3.05, 3.63) is 15.8 Å². The van der Waals surface area contributed by atoms with Crippen LogP contribution in [0.1, 0.15) is 29.0 Å². The maximum absolute atomic E-state index is 12.6. The number of aliphatic hydroxyl groups is 1. The summed E-state index contributed by atoms with van der Waals surface area (Å²) in [4.78, 5) is 1.68. The molecule has 1 aromatic heterocycles. The van der Waals surface area contributed by atoms with Crippen molar-refractivity contribution >= 4 is 21.4 Å². The number of aryl methyl sites for hydroxylation is 1. The first-order valence-corrected chi connectivity index (χ1v) is 8.99. The molecule has 2 rings (SSSR count). The molecular weight excluding hydrogens is 298 g/mol. The lowest BCUT2D eigenvalue weighted by molar-refractivity contribution is 0.00858. The summed E-state index contributed by atoms with van der Waals surface area (Å²) in [5.74, 6) is 0. The third-order valence-electron chi connectivity index (χ3n) is 3.50. The molecule has 1 aromatic rings. The minimum absolute atomic E-state index is 0.0141. The van der Waals surface area contributed by atoms with Crippen molar-refractivity contribution in [1.82, 2.24) is 4.31 Å². The maximum Gasteiger partial charge on any atom is 0.244 e. The first-order chi connectivity index (χ1) is 9.45. The molecule has 0 radical (unpaired) electrons. The van der Waals surface area contributed by atoms with Crippen molar-refractivity contribution in [3.8, 4) is 0 Å². The molecule has 1 aliphatic rings. The molecule has 1 N–H and O–H groups in total. The Bertz CT molecular complexity index is 547. The van der Waals surface area contributed by atoms with E-state index in [1.807, 2.05) is 0 Å². The average molecular weight is 319 g/mol. The van der Waals surface area contributed by atoms with E-state index in [0.29, 0.717) is 27.8 Å². The highest BCUT2D eigenvalue weighted by atomic mass is 32.2. The zero-order valence-electron chi connectivity index (χ0n) is 11.8. The number of hydrogen-bond acceptors (Lipinski definition) is 5. The molecular formula is C13H21NO4S2. The van der Waals surface area contributed by atoms with Gasteiger partial charge in [0.25, 0.3) is 0 Å². The quantitative estimate of drug-likeness (QED) is 0.898. The zero-order chi connectivity index (χ0) is 14.8. The number of nitrogens with zero attached hydrogens (tertiary/aromatic N) is 1. The highest BCUT2D eigenvalue weighted by molar-refractivity contribution is 7.89. The first kappa shape index (κ1) is 15.9. The molecule has 1 atom stereocenters. The van der Waals surface area contributed by atoms with Gasteiger partial charge in [-0.25, -0.2) is 8.42 Å². The Labute approximate surface area is 124 Å². The SMILES string of the molecule is Cc1sc(CO)cc1S(=O)(=O)N(C)CC1CCCCO1. The van der Waals surface area contributed by atoms with Gasteiger partial charge in [-0.3, -0.25) is 0 Å². The van der Waals surface area contributed by atoms with Gasteiger partial charge in [0.1, 0.15) is 0 Å². The lowest BCUT2D eigenvalue weighted by Crippen LogP contribution is -2.37. The second-order valence-corrected chi connectivity index (χ2v) is 8.42. The number of ether oxygens (including phenoxy) is 1. The van der Waals surface area contributed by atoms with Crippen LogP contribution in [0, 0.1) is 6.92 Å². The average Bonchev–Trinajstić information content (AvgIpc) is 2.82. The van der Waals surface area contributed by atoms with Crippen LogP contribution in [0.3, 0.4) is 0 Å². The largest absolute Gasteiger partial charge is 0.391 e. The fraction of sp³-hybridized carbons (Fsp3) is 0.692. The predicted molar refractivity (Wildman–Crippen MR) is 78.4 cm³/mol. The van der Waals surface area contributed by atoms with Gasteiger partial charge in [0.2, 0.25) is 10.0 Å². The van der Waals surface area contributed by atoms with E-state index in [2.05, 4.69) is 0 Å². The number of thiophene rings is 1. The van der Waals surface area contributed by atoms with Crippen LogP contribution in [0.5, 0.6) is 0 Å². The summed E-state index contributed by atoms with van der Waals surface area (Å²) in [5.41, 5.74) is 0. The van der Waals surface area contributed by atoms with Crippen LogP contribution in [0.4, 0.5) is 0 Å². The van der Waals surface area contributed by atoms with E-state index in [4.69, 9.17) is 9.84 Å². The molecule has 2 heterocycles. The van der Waals surface area contributed by atoms with Crippen LogP contribution < -0.4 is 0 Å². The second-order valence-electron chi connectivity index (χ2n) is 5.07. The van der Waals surface area contributed by atoms with Gasteiger partial charge in [-0.15, -0.1) is 11.3 Å². The summed E-state index contributed by atoms with van der Waals surface area (Å²) in [6.07, 6.45) is 3.03. The lowest BCUT2D eigenvalue weighted by atomic mass is 10.1. The topological polar surface area (TPSA) is 66.8 Å². The van der Waals surface area contributed by atoms with Crippen molar-refractivity contribution < 1.29 is 18.3 Å². The van der Waals surface area contributed by atoms with Crippen LogP contribution in [-0.2, 0) is 21.4 Å². The Morgan fingerprint density at radius 3 is 2.80 bits per heavy atom. The molecule has 20 heavy (non-hydrogen) atoms. The molecule has 7 heteroatoms. The summed E-state index contributed by atoms with van der Waals surface area (Å²) in [6, 6.07) is 1.56. The van der Waals surface area contributed by atoms with E-state index < -0.39 is 10.0 Å². The van der Waals surface area contributed by atoms with E-state index in [1.54, 1.807) is 20.0 Å². The number of sulfonamides is 1. The Morgan fingerprint density at radius 2 is 2.25 bits per heavy atom. The zero-order valence-corrected chi connectivity index (χ0v) is 13.5. The number of hydrogen-bond donors (Lipinski definition) is 1. The van der Waals surface area contributed by atoms with Crippen LogP contribution >= 0.6 is 11.3 Å². The lowest BCUT2D eigenvalue weighted by Gasteiger charge is -2.27. The van der Waals surface area contributed by atoms with Gasteiger partial charge in [0.15, 0.2) is 0 Å². The number of rotatable bonds is 5. The second kappa shape index (κ2) is 6.53. The molecule has 0 bridgehead atoms. The molecule has 0 saturated carbocycles. The third kappa shape index (κ3) is 3.40. The monoisotopic (exact) mass is 319 g/mol. The molecule has 0 amide bonds. The van der Waals surface area contributed by atoms with E-state index in [0.717, 1.165) is 19.3 Å². The van der Waals surface area contributed by atoms with Gasteiger partial charge in [-0.1, -0.05) is 0 Å². The Morgan fingerprint density at radius 1 is 1.50 bits per heavy atom. The smallest absolute Gasteiger partial charge is 0.244 e. The molecule has 1 unspecified atom stereocenters. The van der Waals surface area contributed by atoms with Crippen molar-refractivity contribution in [2.24, 2.45) is 0 Å². The fourth-order valence-corrected chi connectivity index (χ4v) is 5.02. The van der Waals surface area contributed by atoms with Gasteiger partial charge < -0.3 is 9.84 Å². The molecule has 1 aliphatic heterocycles.